The Bertz CT molecular complexity index is 445. The number of nitrogens with zero attached hydrogens (tertiary/aromatic N) is 3. The molecule has 0 heterocycles. The highest BCUT2D eigenvalue weighted by Crippen LogP contribution is 2.33. The Balaban J connectivity index is 2.06. The minimum atomic E-state index is -0.160. The first-order valence-corrected chi connectivity index (χ1v) is 7.60. The van der Waals surface area contributed by atoms with Gasteiger partial charge in [0.05, 0.1) is 6.04 Å². The maximum atomic E-state index is 8.91. The minimum absolute atomic E-state index is 0.137. The summed E-state index contributed by atoms with van der Waals surface area (Å²) in [5.41, 5.74) is 11.1. The van der Waals surface area contributed by atoms with E-state index in [1.54, 1.807) is 0 Å². The van der Waals surface area contributed by atoms with Gasteiger partial charge < -0.3 is 5.11 Å². The van der Waals surface area contributed by atoms with E-state index < -0.39 is 0 Å². The molecule has 4 heteroatoms. The number of hydrogen-bond acceptors (Lipinski definition) is 2. The summed E-state index contributed by atoms with van der Waals surface area (Å²) in [7, 11) is 0. The fourth-order valence-electron chi connectivity index (χ4n) is 3.06. The van der Waals surface area contributed by atoms with E-state index in [0.717, 1.165) is 5.56 Å². The van der Waals surface area contributed by atoms with Crippen LogP contribution in [0.4, 0.5) is 0 Å². The Labute approximate surface area is 120 Å². The fourth-order valence-corrected chi connectivity index (χ4v) is 3.06. The van der Waals surface area contributed by atoms with Gasteiger partial charge in [0, 0.05) is 11.5 Å². The van der Waals surface area contributed by atoms with Gasteiger partial charge >= 0.3 is 0 Å². The summed E-state index contributed by atoms with van der Waals surface area (Å²) in [4.78, 5) is 2.92. The second-order valence-corrected chi connectivity index (χ2v) is 5.59. The van der Waals surface area contributed by atoms with Gasteiger partial charge in [-0.2, -0.15) is 0 Å². The van der Waals surface area contributed by atoms with Crippen molar-refractivity contribution >= 4 is 0 Å². The highest BCUT2D eigenvalue weighted by atomic mass is 16.2. The van der Waals surface area contributed by atoms with Crippen LogP contribution in [0.5, 0.6) is 0 Å². The van der Waals surface area contributed by atoms with Gasteiger partial charge in [0.25, 0.3) is 0 Å². The Kier molecular flexibility index (Phi) is 5.90. The van der Waals surface area contributed by atoms with Gasteiger partial charge in [0.15, 0.2) is 0 Å². The molecular weight excluding hydrogens is 250 g/mol. The molecule has 0 saturated heterocycles. The summed E-state index contributed by atoms with van der Waals surface area (Å²) < 4.78 is 0. The highest BCUT2D eigenvalue weighted by molar-refractivity contribution is 5.27. The van der Waals surface area contributed by atoms with E-state index in [2.05, 4.69) is 34.3 Å². The van der Waals surface area contributed by atoms with Crippen LogP contribution in [-0.4, -0.2) is 11.7 Å². The van der Waals surface area contributed by atoms with Crippen LogP contribution in [0.3, 0.4) is 0 Å². The smallest absolute Gasteiger partial charge is 0.0626 e. The van der Waals surface area contributed by atoms with Gasteiger partial charge in [0.1, 0.15) is 0 Å². The second-order valence-electron chi connectivity index (χ2n) is 5.59. The van der Waals surface area contributed by atoms with E-state index in [-0.39, 0.29) is 12.6 Å². The molecule has 1 aliphatic rings. The summed E-state index contributed by atoms with van der Waals surface area (Å²) >= 11 is 0. The molecule has 1 N–H and O–H groups in total. The lowest BCUT2D eigenvalue weighted by molar-refractivity contribution is 0.280. The molecule has 0 spiro atoms. The number of rotatable bonds is 6. The van der Waals surface area contributed by atoms with Crippen LogP contribution < -0.4 is 0 Å². The van der Waals surface area contributed by atoms with Crippen molar-refractivity contribution in [1.29, 1.82) is 0 Å². The van der Waals surface area contributed by atoms with E-state index in [1.807, 2.05) is 0 Å². The van der Waals surface area contributed by atoms with E-state index in [1.165, 1.54) is 37.7 Å². The molecule has 1 atom stereocenters. The Morgan fingerprint density at radius 1 is 1.20 bits per heavy atom. The molecule has 1 aromatic carbocycles. The van der Waals surface area contributed by atoms with Crippen LogP contribution >= 0.6 is 0 Å². The molecule has 0 radical (unpaired) electrons. The first-order chi connectivity index (χ1) is 9.85. The molecule has 0 aromatic heterocycles. The zero-order valence-corrected chi connectivity index (χ0v) is 11.9. The molecule has 108 valence electrons. The molecule has 20 heavy (non-hydrogen) atoms. The van der Waals surface area contributed by atoms with Gasteiger partial charge in [-0.15, -0.1) is 0 Å². The zero-order chi connectivity index (χ0) is 14.2. The van der Waals surface area contributed by atoms with E-state index in [0.29, 0.717) is 18.8 Å². The normalized spacial score (nSPS) is 17.4. The van der Waals surface area contributed by atoms with Crippen molar-refractivity contribution in [2.45, 2.75) is 56.9 Å². The van der Waals surface area contributed by atoms with Crippen molar-refractivity contribution in [2.24, 2.45) is 5.11 Å². The van der Waals surface area contributed by atoms with Gasteiger partial charge in [-0.25, -0.2) is 0 Å². The van der Waals surface area contributed by atoms with Crippen LogP contribution in [-0.2, 0) is 0 Å². The molecule has 0 aliphatic heterocycles. The standard InChI is InChI=1S/C16H23N3O/c17-19-18-16(7-4-12-20)15-10-8-14(9-11-15)13-5-2-1-3-6-13/h8-11,13,16,20H,1-7,12H2. The quantitative estimate of drug-likeness (QED) is 0.449. The van der Waals surface area contributed by atoms with Crippen molar-refractivity contribution in [3.63, 3.8) is 0 Å². The van der Waals surface area contributed by atoms with E-state index >= 15 is 0 Å². The monoisotopic (exact) mass is 273 g/mol. The van der Waals surface area contributed by atoms with Crippen molar-refractivity contribution in [3.8, 4) is 0 Å². The van der Waals surface area contributed by atoms with Gasteiger partial charge in [-0.1, -0.05) is 48.6 Å². The molecule has 2 rings (SSSR count). The summed E-state index contributed by atoms with van der Waals surface area (Å²) in [5.74, 6) is 0.702. The zero-order valence-electron chi connectivity index (χ0n) is 11.9. The molecule has 0 amide bonds. The third-order valence-corrected chi connectivity index (χ3v) is 4.22. The van der Waals surface area contributed by atoms with Crippen LogP contribution in [0.25, 0.3) is 10.4 Å². The van der Waals surface area contributed by atoms with Crippen molar-refractivity contribution in [3.05, 3.63) is 45.8 Å². The molecule has 0 bridgehead atoms. The van der Waals surface area contributed by atoms with Crippen LogP contribution in [0.15, 0.2) is 29.4 Å². The maximum absolute atomic E-state index is 8.91. The first kappa shape index (κ1) is 14.9. The number of azide groups is 1. The van der Waals surface area contributed by atoms with Crippen LogP contribution in [0.2, 0.25) is 0 Å². The third kappa shape index (κ3) is 3.99. The average molecular weight is 273 g/mol. The van der Waals surface area contributed by atoms with Crippen molar-refractivity contribution < 1.29 is 5.11 Å². The minimum Gasteiger partial charge on any atom is -0.396 e. The topological polar surface area (TPSA) is 69.0 Å². The Morgan fingerprint density at radius 2 is 1.90 bits per heavy atom. The Hall–Kier alpha value is -1.51. The van der Waals surface area contributed by atoms with E-state index in [9.17, 15) is 0 Å². The Morgan fingerprint density at radius 3 is 2.50 bits per heavy atom. The summed E-state index contributed by atoms with van der Waals surface area (Å²) in [6.07, 6.45) is 7.99. The van der Waals surface area contributed by atoms with Crippen molar-refractivity contribution in [1.82, 2.24) is 0 Å². The number of benzene rings is 1. The molecule has 1 aromatic rings. The third-order valence-electron chi connectivity index (χ3n) is 4.22. The summed E-state index contributed by atoms with van der Waals surface area (Å²) in [6, 6.07) is 8.38. The van der Waals surface area contributed by atoms with Crippen molar-refractivity contribution in [2.75, 3.05) is 6.61 Å². The predicted molar refractivity (Wildman–Crippen MR) is 80.5 cm³/mol. The molecular formula is C16H23N3O. The molecule has 1 unspecified atom stereocenters. The SMILES string of the molecule is [N-]=[N+]=NC(CCCO)c1ccc(C2CCCCC2)cc1. The van der Waals surface area contributed by atoms with E-state index in [4.69, 9.17) is 10.6 Å². The predicted octanol–water partition coefficient (Wildman–Crippen LogP) is 4.86. The number of aliphatic hydroxyl groups is 1. The lowest BCUT2D eigenvalue weighted by atomic mass is 9.83. The largest absolute Gasteiger partial charge is 0.396 e. The fraction of sp³-hybridized carbons (Fsp3) is 0.625. The lowest BCUT2D eigenvalue weighted by Gasteiger charge is -2.22. The lowest BCUT2D eigenvalue weighted by Crippen LogP contribution is -2.05. The number of hydrogen-bond donors (Lipinski definition) is 1. The number of aliphatic hydroxyl groups excluding tert-OH is 1. The second kappa shape index (κ2) is 7.93. The molecule has 1 aliphatic carbocycles. The van der Waals surface area contributed by atoms with Gasteiger partial charge in [0.2, 0.25) is 0 Å². The van der Waals surface area contributed by atoms with Gasteiger partial charge in [-0.3, -0.25) is 0 Å². The summed E-state index contributed by atoms with van der Waals surface area (Å²) in [6.45, 7) is 0.137. The molecule has 1 fully saturated rings. The van der Waals surface area contributed by atoms with Gasteiger partial charge in [-0.05, 0) is 48.3 Å². The van der Waals surface area contributed by atoms with Crippen LogP contribution in [0, 0.1) is 0 Å². The first-order valence-electron chi connectivity index (χ1n) is 7.60. The molecule has 4 nitrogen and oxygen atoms in total. The highest BCUT2D eigenvalue weighted by Gasteiger charge is 2.16. The summed E-state index contributed by atoms with van der Waals surface area (Å²) in [5, 5.41) is 12.8. The average Bonchev–Trinajstić information content (AvgIpc) is 2.52. The maximum Gasteiger partial charge on any atom is 0.0626 e. The van der Waals surface area contributed by atoms with Crippen LogP contribution in [0.1, 0.15) is 68.0 Å². The molecule has 1 saturated carbocycles.